The fraction of sp³-hybridized carbons (Fsp3) is 0.308. The van der Waals surface area contributed by atoms with Crippen LogP contribution < -0.4 is 26.6 Å². The Balaban J connectivity index is 1.90. The first-order chi connectivity index (χ1) is 16.9. The highest BCUT2D eigenvalue weighted by Gasteiger charge is 2.42. The molecule has 0 fully saturated rings. The molecular weight excluding hydrogens is 448 g/mol. The van der Waals surface area contributed by atoms with Gasteiger partial charge in [0.15, 0.2) is 0 Å². The topological polar surface area (TPSA) is 111 Å². The van der Waals surface area contributed by atoms with Gasteiger partial charge < -0.3 is 15.4 Å². The summed E-state index contributed by atoms with van der Waals surface area (Å²) in [4.78, 5) is 52.8. The van der Waals surface area contributed by atoms with Gasteiger partial charge in [-0.3, -0.25) is 23.5 Å². The van der Waals surface area contributed by atoms with Gasteiger partial charge >= 0.3 is 5.69 Å². The molecule has 2 heterocycles. The first-order valence-electron chi connectivity index (χ1n) is 11.5. The van der Waals surface area contributed by atoms with Crippen LogP contribution in [-0.4, -0.2) is 34.1 Å². The van der Waals surface area contributed by atoms with Crippen LogP contribution in [0.4, 0.5) is 5.82 Å². The quantitative estimate of drug-likeness (QED) is 0.543. The molecule has 1 aliphatic heterocycles. The Morgan fingerprint density at radius 3 is 2.37 bits per heavy atom. The Morgan fingerprint density at radius 2 is 1.74 bits per heavy atom. The van der Waals surface area contributed by atoms with Crippen molar-refractivity contribution in [3.8, 4) is 5.75 Å². The predicted octanol–water partition coefficient (Wildman–Crippen LogP) is 2.24. The second-order valence-corrected chi connectivity index (χ2v) is 8.47. The molecule has 0 aliphatic carbocycles. The van der Waals surface area contributed by atoms with Gasteiger partial charge in [-0.25, -0.2) is 4.79 Å². The average molecular weight is 477 g/mol. The summed E-state index contributed by atoms with van der Waals surface area (Å²) >= 11 is 0. The van der Waals surface area contributed by atoms with E-state index >= 15 is 0 Å². The van der Waals surface area contributed by atoms with E-state index in [1.54, 1.807) is 61.7 Å². The number of hydrogen-bond donors (Lipinski definition) is 2. The number of anilines is 1. The Bertz CT molecular complexity index is 1360. The molecule has 35 heavy (non-hydrogen) atoms. The fourth-order valence-corrected chi connectivity index (χ4v) is 4.38. The van der Waals surface area contributed by atoms with Crippen LogP contribution in [0.2, 0.25) is 0 Å². The van der Waals surface area contributed by atoms with E-state index in [0.717, 1.165) is 11.0 Å². The van der Waals surface area contributed by atoms with Crippen LogP contribution in [-0.2, 0) is 18.4 Å². The van der Waals surface area contributed by atoms with Crippen molar-refractivity contribution in [3.63, 3.8) is 0 Å². The van der Waals surface area contributed by atoms with Crippen LogP contribution in [0.25, 0.3) is 0 Å². The van der Waals surface area contributed by atoms with Gasteiger partial charge in [0, 0.05) is 25.1 Å². The number of amides is 2. The molecule has 182 valence electrons. The van der Waals surface area contributed by atoms with Crippen molar-refractivity contribution in [2.75, 3.05) is 12.4 Å². The second kappa shape index (κ2) is 10.0. The predicted molar refractivity (Wildman–Crippen MR) is 132 cm³/mol. The maximum absolute atomic E-state index is 13.4. The lowest BCUT2D eigenvalue weighted by Crippen LogP contribution is -2.55. The molecule has 0 spiro atoms. The molecule has 0 unspecified atom stereocenters. The van der Waals surface area contributed by atoms with Gasteiger partial charge in [0.25, 0.3) is 11.5 Å². The molecule has 1 aliphatic rings. The lowest BCUT2D eigenvalue weighted by molar-refractivity contribution is -0.118. The zero-order chi connectivity index (χ0) is 25.1. The number of nitrogens with zero attached hydrogens (tertiary/aromatic N) is 2. The van der Waals surface area contributed by atoms with Gasteiger partial charge in [-0.2, -0.15) is 0 Å². The van der Waals surface area contributed by atoms with E-state index in [1.165, 1.54) is 11.6 Å². The number of ether oxygens (including phenoxy) is 1. The highest BCUT2D eigenvalue weighted by molar-refractivity contribution is 6.03. The van der Waals surface area contributed by atoms with E-state index in [9.17, 15) is 19.2 Å². The number of hydrogen-bond acceptors (Lipinski definition) is 5. The maximum atomic E-state index is 13.4. The lowest BCUT2D eigenvalue weighted by atomic mass is 9.82. The third-order valence-corrected chi connectivity index (χ3v) is 6.28. The molecular formula is C26H28N4O5. The first kappa shape index (κ1) is 24.0. The summed E-state index contributed by atoms with van der Waals surface area (Å²) in [6, 6.07) is 14.4. The highest BCUT2D eigenvalue weighted by atomic mass is 16.5. The van der Waals surface area contributed by atoms with E-state index in [0.29, 0.717) is 29.8 Å². The summed E-state index contributed by atoms with van der Waals surface area (Å²) < 4.78 is 7.75. The number of methoxy groups -OCH3 is 1. The monoisotopic (exact) mass is 476 g/mol. The summed E-state index contributed by atoms with van der Waals surface area (Å²) in [5.74, 6) is -0.962. The largest absolute Gasteiger partial charge is 0.497 e. The van der Waals surface area contributed by atoms with Crippen LogP contribution in [0, 0.1) is 0 Å². The van der Waals surface area contributed by atoms with Crippen LogP contribution in [0.1, 0.15) is 47.2 Å². The molecule has 0 saturated heterocycles. The fourth-order valence-electron chi connectivity index (χ4n) is 4.38. The number of unbranched alkanes of at least 4 members (excludes halogenated alkanes) is 1. The van der Waals surface area contributed by atoms with Crippen molar-refractivity contribution < 1.29 is 14.3 Å². The molecule has 1 aromatic heterocycles. The minimum atomic E-state index is -1.08. The standard InChI is InChI=1S/C26H28N4O5/c1-4-5-15-30-22-20(25(33)29(2)26(30)34)19(16-11-13-18(35-3)14-12-16)21(24(32)28-22)27-23(31)17-9-7-6-8-10-17/h6-14,19,21H,4-5,15H2,1-3H3,(H,27,31)(H,28,32)/t19-,21-/m0/s1. The summed E-state index contributed by atoms with van der Waals surface area (Å²) in [7, 11) is 2.97. The number of aromatic nitrogens is 2. The Kier molecular flexibility index (Phi) is 6.86. The van der Waals surface area contributed by atoms with Crippen LogP contribution in [0.3, 0.4) is 0 Å². The molecule has 0 bridgehead atoms. The molecule has 3 aromatic rings. The Morgan fingerprint density at radius 1 is 1.06 bits per heavy atom. The molecule has 9 nitrogen and oxygen atoms in total. The van der Waals surface area contributed by atoms with E-state index in [2.05, 4.69) is 10.6 Å². The third kappa shape index (κ3) is 4.49. The van der Waals surface area contributed by atoms with Crippen LogP contribution in [0.15, 0.2) is 64.2 Å². The van der Waals surface area contributed by atoms with Gasteiger partial charge in [-0.15, -0.1) is 0 Å². The molecule has 2 N–H and O–H groups in total. The van der Waals surface area contributed by atoms with E-state index in [4.69, 9.17) is 4.74 Å². The number of fused-ring (bicyclic) bond motifs is 1. The third-order valence-electron chi connectivity index (χ3n) is 6.28. The van der Waals surface area contributed by atoms with Crippen molar-refractivity contribution in [1.82, 2.24) is 14.5 Å². The van der Waals surface area contributed by atoms with E-state index < -0.39 is 35.0 Å². The average Bonchev–Trinajstić information content (AvgIpc) is 2.88. The summed E-state index contributed by atoms with van der Waals surface area (Å²) in [6.07, 6.45) is 1.53. The molecule has 2 atom stereocenters. The zero-order valence-corrected chi connectivity index (χ0v) is 19.9. The molecule has 9 heteroatoms. The summed E-state index contributed by atoms with van der Waals surface area (Å²) in [5, 5.41) is 5.56. The Labute approximate surface area is 202 Å². The second-order valence-electron chi connectivity index (χ2n) is 8.47. The SMILES string of the molecule is CCCCn1c2c(c(=O)n(C)c1=O)[C@H](c1ccc(OC)cc1)[C@H](NC(=O)c1ccccc1)C(=O)N2. The van der Waals surface area contributed by atoms with Gasteiger partial charge in [0.2, 0.25) is 5.91 Å². The van der Waals surface area contributed by atoms with Crippen molar-refractivity contribution >= 4 is 17.6 Å². The normalized spacial score (nSPS) is 16.8. The number of benzene rings is 2. The first-order valence-corrected chi connectivity index (χ1v) is 11.5. The van der Waals surface area contributed by atoms with Gasteiger partial charge in [0.1, 0.15) is 17.6 Å². The number of nitrogens with one attached hydrogen (secondary N) is 2. The number of carbonyl (C=O) groups is 2. The number of carbonyl (C=O) groups excluding carboxylic acids is 2. The Hall–Kier alpha value is -4.14. The zero-order valence-electron chi connectivity index (χ0n) is 19.9. The highest BCUT2D eigenvalue weighted by Crippen LogP contribution is 2.35. The van der Waals surface area contributed by atoms with Gasteiger partial charge in [-0.1, -0.05) is 43.7 Å². The molecule has 0 saturated carbocycles. The smallest absolute Gasteiger partial charge is 0.332 e. The van der Waals surface area contributed by atoms with Crippen LogP contribution in [0.5, 0.6) is 5.75 Å². The van der Waals surface area contributed by atoms with Crippen molar-refractivity contribution in [1.29, 1.82) is 0 Å². The van der Waals surface area contributed by atoms with E-state index in [1.807, 2.05) is 6.92 Å². The summed E-state index contributed by atoms with van der Waals surface area (Å²) in [5.41, 5.74) is 0.269. The van der Waals surface area contributed by atoms with Crippen LogP contribution >= 0.6 is 0 Å². The molecule has 0 radical (unpaired) electrons. The lowest BCUT2D eigenvalue weighted by Gasteiger charge is -2.34. The summed E-state index contributed by atoms with van der Waals surface area (Å²) in [6.45, 7) is 2.34. The minimum Gasteiger partial charge on any atom is -0.497 e. The van der Waals surface area contributed by atoms with Crippen molar-refractivity contribution in [2.24, 2.45) is 7.05 Å². The van der Waals surface area contributed by atoms with Gasteiger partial charge in [-0.05, 0) is 36.2 Å². The van der Waals surface area contributed by atoms with Crippen molar-refractivity contribution in [3.05, 3.63) is 92.1 Å². The number of rotatable bonds is 7. The molecule has 4 rings (SSSR count). The van der Waals surface area contributed by atoms with Gasteiger partial charge in [0.05, 0.1) is 12.7 Å². The van der Waals surface area contributed by atoms with Crippen molar-refractivity contribution in [2.45, 2.75) is 38.3 Å². The minimum absolute atomic E-state index is 0.183. The maximum Gasteiger partial charge on any atom is 0.332 e. The molecule has 2 aromatic carbocycles. The van der Waals surface area contributed by atoms with E-state index in [-0.39, 0.29) is 11.4 Å². The molecule has 2 amide bonds.